The molecule has 1 aromatic carbocycles. The summed E-state index contributed by atoms with van der Waals surface area (Å²) in [5.74, 6) is -1.69. The number of imidazole rings is 1. The van der Waals surface area contributed by atoms with E-state index in [1.54, 1.807) is 6.20 Å². The van der Waals surface area contributed by atoms with E-state index in [0.29, 0.717) is 49.2 Å². The number of aliphatic hydroxyl groups excluding tert-OH is 1. The zero-order valence-electron chi connectivity index (χ0n) is 19.6. The third-order valence-corrected chi connectivity index (χ3v) is 7.40. The van der Waals surface area contributed by atoms with Crippen molar-refractivity contribution in [1.82, 2.24) is 19.5 Å². The number of carbonyl (C=O) groups is 1. The molecule has 0 aliphatic heterocycles. The summed E-state index contributed by atoms with van der Waals surface area (Å²) >= 11 is 5.78. The molecule has 1 unspecified atom stereocenters. The predicted octanol–water partition coefficient (Wildman–Crippen LogP) is 4.43. The third kappa shape index (κ3) is 4.94. The van der Waals surface area contributed by atoms with Crippen molar-refractivity contribution in [2.75, 3.05) is 10.6 Å². The Hall–Kier alpha value is -3.05. The number of carbonyl (C=O) groups excluding carboxylic acids is 1. The summed E-state index contributed by atoms with van der Waals surface area (Å²) in [7, 11) is 0. The molecule has 0 radical (unpaired) electrons. The molecule has 0 saturated heterocycles. The molecule has 5 rings (SSSR count). The summed E-state index contributed by atoms with van der Waals surface area (Å²) in [6, 6.07) is 1.76. The number of anilines is 3. The van der Waals surface area contributed by atoms with Crippen LogP contribution in [0.5, 0.6) is 0 Å². The molecule has 2 aliphatic rings. The van der Waals surface area contributed by atoms with Crippen molar-refractivity contribution >= 4 is 46.3 Å². The number of benzene rings is 1. The minimum Gasteiger partial charge on any atom is -0.391 e. The lowest BCUT2D eigenvalue weighted by molar-refractivity contribution is -0.122. The normalized spacial score (nSPS) is 24.6. The van der Waals surface area contributed by atoms with Crippen LogP contribution in [0, 0.1) is 17.6 Å². The van der Waals surface area contributed by atoms with Gasteiger partial charge in [-0.2, -0.15) is 4.98 Å². The first kappa shape index (κ1) is 24.6. The van der Waals surface area contributed by atoms with Crippen LogP contribution in [-0.4, -0.2) is 42.7 Å². The van der Waals surface area contributed by atoms with Gasteiger partial charge in [0.1, 0.15) is 11.2 Å². The molecule has 2 fully saturated rings. The van der Waals surface area contributed by atoms with Crippen LogP contribution in [0.15, 0.2) is 18.3 Å². The smallest absolute Gasteiger partial charge is 0.225 e. The lowest BCUT2D eigenvalue weighted by atomic mass is 9.85. The van der Waals surface area contributed by atoms with E-state index < -0.39 is 17.7 Å². The van der Waals surface area contributed by atoms with Crippen LogP contribution in [0.2, 0.25) is 5.02 Å². The molecule has 0 bridgehead atoms. The van der Waals surface area contributed by atoms with E-state index in [4.69, 9.17) is 17.3 Å². The minimum absolute atomic E-state index is 0.0553. The van der Waals surface area contributed by atoms with Crippen LogP contribution >= 0.6 is 11.6 Å². The number of nitrogens with zero attached hydrogens (tertiary/aromatic N) is 4. The summed E-state index contributed by atoms with van der Waals surface area (Å²) in [5.41, 5.74) is 6.06. The topological polar surface area (TPSA) is 131 Å². The lowest BCUT2D eigenvalue weighted by Crippen LogP contribution is -2.36. The van der Waals surface area contributed by atoms with Crippen molar-refractivity contribution in [2.24, 2.45) is 11.7 Å². The molecule has 2 aromatic heterocycles. The quantitative estimate of drug-likeness (QED) is 0.379. The Morgan fingerprint density at radius 2 is 1.78 bits per heavy atom. The number of nitrogens with two attached hydrogens (primary N) is 1. The highest BCUT2D eigenvalue weighted by molar-refractivity contribution is 6.30. The van der Waals surface area contributed by atoms with E-state index in [1.807, 2.05) is 4.57 Å². The highest BCUT2D eigenvalue weighted by atomic mass is 35.5. The number of aromatic nitrogens is 4. The van der Waals surface area contributed by atoms with Gasteiger partial charge in [0, 0.05) is 17.0 Å². The average molecular weight is 520 g/mol. The number of fused-ring (bicyclic) bond motifs is 1. The first-order valence-corrected chi connectivity index (χ1v) is 12.6. The van der Waals surface area contributed by atoms with Gasteiger partial charge in [-0.25, -0.2) is 18.7 Å². The number of halogens is 3. The Labute approximate surface area is 211 Å². The molecule has 12 heteroatoms. The molecule has 9 nitrogen and oxygen atoms in total. The van der Waals surface area contributed by atoms with E-state index >= 15 is 0 Å². The second-order valence-corrected chi connectivity index (χ2v) is 10.0. The molecular formula is C24H28ClF2N7O2. The van der Waals surface area contributed by atoms with Crippen LogP contribution < -0.4 is 16.4 Å². The van der Waals surface area contributed by atoms with Crippen LogP contribution in [0.25, 0.3) is 11.2 Å². The molecule has 0 spiro atoms. The Bertz CT molecular complexity index is 1260. The van der Waals surface area contributed by atoms with Gasteiger partial charge >= 0.3 is 0 Å². The first-order valence-electron chi connectivity index (χ1n) is 12.2. The van der Waals surface area contributed by atoms with Crippen molar-refractivity contribution < 1.29 is 18.7 Å². The van der Waals surface area contributed by atoms with Crippen molar-refractivity contribution in [1.29, 1.82) is 0 Å². The lowest BCUT2D eigenvalue weighted by Gasteiger charge is -2.29. The molecule has 192 valence electrons. The number of rotatable bonds is 6. The molecule has 2 aliphatic carbocycles. The zero-order chi connectivity index (χ0) is 25.4. The fourth-order valence-electron chi connectivity index (χ4n) is 5.23. The summed E-state index contributed by atoms with van der Waals surface area (Å²) in [4.78, 5) is 25.3. The van der Waals surface area contributed by atoms with Gasteiger partial charge in [0.05, 0.1) is 18.3 Å². The van der Waals surface area contributed by atoms with Gasteiger partial charge in [-0.05, 0) is 50.7 Å². The monoisotopic (exact) mass is 519 g/mol. The zero-order valence-corrected chi connectivity index (χ0v) is 20.3. The fourth-order valence-corrected chi connectivity index (χ4v) is 5.42. The number of hydrogen-bond acceptors (Lipinski definition) is 7. The standard InChI is InChI=1S/C24H28ClF2N7O2/c25-13-9-15(26)20(16(27)10-13)32-24-31-18-11-29-23(30-17-3-1-2-4-19(17)35)33-22(18)34(24)14-7-5-12(6-8-14)21(28)36/h9-12,14,17,19,35H,1-8H2,(H2,28,36)(H,31,32)(H,29,30,33)/t12?,14?,17?,19-/m1/s1. The largest absolute Gasteiger partial charge is 0.391 e. The number of hydrogen-bond donors (Lipinski definition) is 4. The molecular weight excluding hydrogens is 492 g/mol. The summed E-state index contributed by atoms with van der Waals surface area (Å²) in [6.07, 6.45) is 6.98. The summed E-state index contributed by atoms with van der Waals surface area (Å²) < 4.78 is 31.0. The molecule has 1 amide bonds. The highest BCUT2D eigenvalue weighted by Crippen LogP contribution is 2.38. The minimum atomic E-state index is -0.851. The van der Waals surface area contributed by atoms with Crippen LogP contribution in [0.4, 0.5) is 26.4 Å². The Balaban J connectivity index is 1.53. The predicted molar refractivity (Wildman–Crippen MR) is 132 cm³/mol. The van der Waals surface area contributed by atoms with Gasteiger partial charge in [0.15, 0.2) is 17.3 Å². The molecule has 5 N–H and O–H groups in total. The molecule has 2 heterocycles. The highest BCUT2D eigenvalue weighted by Gasteiger charge is 2.30. The van der Waals surface area contributed by atoms with E-state index in [1.165, 1.54) is 0 Å². The SMILES string of the molecule is NC(=O)C1CCC(n2c(Nc3c(F)cc(Cl)cc3F)nc3cnc(NC4CCCC[C@H]4O)nc32)CC1. The third-order valence-electron chi connectivity index (χ3n) is 7.18. The van der Waals surface area contributed by atoms with Gasteiger partial charge in [-0.1, -0.05) is 24.4 Å². The van der Waals surface area contributed by atoms with Crippen molar-refractivity contribution in [3.63, 3.8) is 0 Å². The Kier molecular flexibility index (Phi) is 6.94. The maximum absolute atomic E-state index is 14.6. The Morgan fingerprint density at radius 3 is 2.44 bits per heavy atom. The van der Waals surface area contributed by atoms with E-state index in [0.717, 1.165) is 31.4 Å². The molecule has 36 heavy (non-hydrogen) atoms. The van der Waals surface area contributed by atoms with E-state index in [9.17, 15) is 18.7 Å². The Morgan fingerprint density at radius 1 is 1.08 bits per heavy atom. The van der Waals surface area contributed by atoms with Crippen molar-refractivity contribution in [3.8, 4) is 0 Å². The van der Waals surface area contributed by atoms with Gasteiger partial charge in [-0.3, -0.25) is 9.36 Å². The molecule has 2 atom stereocenters. The second kappa shape index (κ2) is 10.1. The molecule has 2 saturated carbocycles. The summed E-state index contributed by atoms with van der Waals surface area (Å²) in [6.45, 7) is 0. The van der Waals surface area contributed by atoms with Crippen LogP contribution in [-0.2, 0) is 4.79 Å². The van der Waals surface area contributed by atoms with Gasteiger partial charge in [0.2, 0.25) is 17.8 Å². The van der Waals surface area contributed by atoms with Crippen LogP contribution in [0.1, 0.15) is 57.4 Å². The number of amides is 1. The average Bonchev–Trinajstić information content (AvgIpc) is 3.20. The van der Waals surface area contributed by atoms with Gasteiger partial charge in [0.25, 0.3) is 0 Å². The van der Waals surface area contributed by atoms with E-state index in [2.05, 4.69) is 25.6 Å². The maximum Gasteiger partial charge on any atom is 0.225 e. The second-order valence-electron chi connectivity index (χ2n) is 9.59. The van der Waals surface area contributed by atoms with Crippen LogP contribution in [0.3, 0.4) is 0 Å². The van der Waals surface area contributed by atoms with E-state index in [-0.39, 0.29) is 40.6 Å². The number of aliphatic hydroxyl groups is 1. The summed E-state index contributed by atoms with van der Waals surface area (Å²) in [5, 5.41) is 16.3. The number of nitrogens with one attached hydrogen (secondary N) is 2. The molecule has 3 aromatic rings. The first-order chi connectivity index (χ1) is 17.3. The van der Waals surface area contributed by atoms with Gasteiger partial charge in [-0.15, -0.1) is 0 Å². The van der Waals surface area contributed by atoms with Crippen molar-refractivity contribution in [3.05, 3.63) is 35.0 Å². The number of primary amides is 1. The maximum atomic E-state index is 14.6. The van der Waals surface area contributed by atoms with Gasteiger partial charge < -0.3 is 21.5 Å². The fraction of sp³-hybridized carbons (Fsp3) is 0.500. The van der Waals surface area contributed by atoms with Crippen molar-refractivity contribution in [2.45, 2.75) is 69.6 Å².